The predicted molar refractivity (Wildman–Crippen MR) is 59.8 cm³/mol. The molecule has 2 rings (SSSR count). The van der Waals surface area contributed by atoms with Crippen LogP contribution in [0.25, 0.3) is 0 Å². The van der Waals surface area contributed by atoms with Crippen molar-refractivity contribution in [1.29, 1.82) is 0 Å². The third kappa shape index (κ3) is 2.07. The molecule has 2 aliphatic heterocycles. The Morgan fingerprint density at radius 3 is 2.75 bits per heavy atom. The lowest BCUT2D eigenvalue weighted by atomic mass is 10.2. The highest BCUT2D eigenvalue weighted by Crippen LogP contribution is 2.21. The van der Waals surface area contributed by atoms with Crippen LogP contribution < -0.4 is 0 Å². The van der Waals surface area contributed by atoms with Crippen LogP contribution in [0.2, 0.25) is 0 Å². The number of likely N-dealkylation sites (tertiary alicyclic amines) is 1. The lowest BCUT2D eigenvalue weighted by molar-refractivity contribution is -0.141. The van der Waals surface area contributed by atoms with Crippen molar-refractivity contribution >= 4 is 29.4 Å². The van der Waals surface area contributed by atoms with Gasteiger partial charge >= 0.3 is 0 Å². The summed E-state index contributed by atoms with van der Waals surface area (Å²) in [6, 6.07) is -0.552. The van der Waals surface area contributed by atoms with Gasteiger partial charge in [0, 0.05) is 25.6 Å². The fourth-order valence-electron chi connectivity index (χ4n) is 2.04. The standard InChI is InChI=1S/C10H14N2O3S/c1-7(13)12-5-8(14)4-9(12)10(15)11-2-3-16-6-11/h9H,2-6H2,1H3. The van der Waals surface area contributed by atoms with Crippen LogP contribution in [0.15, 0.2) is 0 Å². The molecule has 2 amide bonds. The van der Waals surface area contributed by atoms with E-state index in [1.165, 1.54) is 11.8 Å². The number of carbonyl (C=O) groups excluding carboxylic acids is 3. The van der Waals surface area contributed by atoms with Crippen LogP contribution in [-0.4, -0.2) is 58.2 Å². The molecular formula is C10H14N2O3S. The van der Waals surface area contributed by atoms with Crippen molar-refractivity contribution in [3.8, 4) is 0 Å². The highest BCUT2D eigenvalue weighted by Gasteiger charge is 2.39. The summed E-state index contributed by atoms with van der Waals surface area (Å²) in [7, 11) is 0. The summed E-state index contributed by atoms with van der Waals surface area (Å²) in [5.74, 6) is 1.31. The van der Waals surface area contributed by atoms with Gasteiger partial charge in [0.1, 0.15) is 6.04 Å². The Labute approximate surface area is 98.1 Å². The van der Waals surface area contributed by atoms with Crippen molar-refractivity contribution < 1.29 is 14.4 Å². The number of Topliss-reactive ketones (excluding diaryl/α,β-unsaturated/α-hetero) is 1. The van der Waals surface area contributed by atoms with Gasteiger partial charge in [-0.25, -0.2) is 0 Å². The fraction of sp³-hybridized carbons (Fsp3) is 0.700. The third-order valence-corrected chi connectivity index (χ3v) is 3.86. The van der Waals surface area contributed by atoms with E-state index in [0.717, 1.165) is 12.3 Å². The van der Waals surface area contributed by atoms with Gasteiger partial charge in [-0.3, -0.25) is 14.4 Å². The number of ketones is 1. The molecule has 5 nitrogen and oxygen atoms in total. The number of carbonyl (C=O) groups is 3. The van der Waals surface area contributed by atoms with E-state index < -0.39 is 6.04 Å². The molecular weight excluding hydrogens is 228 g/mol. The van der Waals surface area contributed by atoms with Crippen LogP contribution in [0, 0.1) is 0 Å². The first-order valence-corrected chi connectivity index (χ1v) is 6.40. The zero-order chi connectivity index (χ0) is 11.7. The van der Waals surface area contributed by atoms with E-state index >= 15 is 0 Å². The summed E-state index contributed by atoms with van der Waals surface area (Å²) >= 11 is 1.70. The smallest absolute Gasteiger partial charge is 0.246 e. The monoisotopic (exact) mass is 242 g/mol. The average molecular weight is 242 g/mol. The molecule has 0 N–H and O–H groups in total. The van der Waals surface area contributed by atoms with Crippen molar-refractivity contribution in [3.63, 3.8) is 0 Å². The number of hydrogen-bond acceptors (Lipinski definition) is 4. The second kappa shape index (κ2) is 4.45. The molecule has 0 bridgehead atoms. The van der Waals surface area contributed by atoms with Crippen molar-refractivity contribution in [2.75, 3.05) is 24.7 Å². The Bertz CT molecular complexity index is 339. The average Bonchev–Trinajstić information content (AvgIpc) is 2.84. The summed E-state index contributed by atoms with van der Waals surface area (Å²) in [6.07, 6.45) is 0.180. The SMILES string of the molecule is CC(=O)N1CC(=O)CC1C(=O)N1CCSC1. The molecule has 88 valence electrons. The van der Waals surface area contributed by atoms with Gasteiger partial charge in [-0.2, -0.15) is 0 Å². The molecule has 6 heteroatoms. The lowest BCUT2D eigenvalue weighted by Crippen LogP contribution is -2.46. The Morgan fingerprint density at radius 1 is 1.44 bits per heavy atom. The molecule has 2 aliphatic rings. The fourth-order valence-corrected chi connectivity index (χ4v) is 3.00. The maximum absolute atomic E-state index is 12.1. The van der Waals surface area contributed by atoms with Crippen LogP contribution in [0.5, 0.6) is 0 Å². The molecule has 0 radical (unpaired) electrons. The van der Waals surface area contributed by atoms with Crippen LogP contribution in [0.1, 0.15) is 13.3 Å². The van der Waals surface area contributed by atoms with Crippen molar-refractivity contribution in [3.05, 3.63) is 0 Å². The van der Waals surface area contributed by atoms with Crippen LogP contribution >= 0.6 is 11.8 Å². The highest BCUT2D eigenvalue weighted by atomic mass is 32.2. The van der Waals surface area contributed by atoms with E-state index in [4.69, 9.17) is 0 Å². The van der Waals surface area contributed by atoms with Crippen molar-refractivity contribution in [2.45, 2.75) is 19.4 Å². The van der Waals surface area contributed by atoms with Crippen molar-refractivity contribution in [1.82, 2.24) is 9.80 Å². The first kappa shape index (κ1) is 11.4. The molecule has 0 spiro atoms. The summed E-state index contributed by atoms with van der Waals surface area (Å²) in [5, 5.41) is 0. The van der Waals surface area contributed by atoms with E-state index in [9.17, 15) is 14.4 Å². The van der Waals surface area contributed by atoms with Crippen molar-refractivity contribution in [2.24, 2.45) is 0 Å². The second-order valence-electron chi connectivity index (χ2n) is 4.04. The topological polar surface area (TPSA) is 57.7 Å². The lowest BCUT2D eigenvalue weighted by Gasteiger charge is -2.25. The predicted octanol–water partition coefficient (Wildman–Crippen LogP) is -0.291. The number of amides is 2. The van der Waals surface area contributed by atoms with E-state index in [0.29, 0.717) is 5.88 Å². The summed E-state index contributed by atoms with van der Waals surface area (Å²) in [5.41, 5.74) is 0. The third-order valence-electron chi connectivity index (χ3n) is 2.90. The minimum absolute atomic E-state index is 0.0274. The van der Waals surface area contributed by atoms with E-state index in [2.05, 4.69) is 0 Å². The zero-order valence-electron chi connectivity index (χ0n) is 9.14. The van der Waals surface area contributed by atoms with E-state index in [1.807, 2.05) is 0 Å². The number of thioether (sulfide) groups is 1. The summed E-state index contributed by atoms with van der Waals surface area (Å²) in [6.45, 7) is 2.21. The zero-order valence-corrected chi connectivity index (χ0v) is 9.96. The maximum atomic E-state index is 12.1. The van der Waals surface area contributed by atoms with Gasteiger partial charge in [-0.15, -0.1) is 11.8 Å². The molecule has 2 fully saturated rings. The first-order valence-electron chi connectivity index (χ1n) is 5.25. The normalized spacial score (nSPS) is 25.3. The Morgan fingerprint density at radius 2 is 2.19 bits per heavy atom. The molecule has 1 atom stereocenters. The molecule has 0 aliphatic carbocycles. The summed E-state index contributed by atoms with van der Waals surface area (Å²) in [4.78, 5) is 37.8. The van der Waals surface area contributed by atoms with Gasteiger partial charge in [0.25, 0.3) is 0 Å². The summed E-state index contributed by atoms with van der Waals surface area (Å²) < 4.78 is 0. The quantitative estimate of drug-likeness (QED) is 0.634. The number of hydrogen-bond donors (Lipinski definition) is 0. The van der Waals surface area contributed by atoms with Crippen LogP contribution in [0.4, 0.5) is 0 Å². The second-order valence-corrected chi connectivity index (χ2v) is 5.12. The van der Waals surface area contributed by atoms with Gasteiger partial charge in [0.15, 0.2) is 5.78 Å². The molecule has 0 aromatic rings. The molecule has 0 saturated carbocycles. The van der Waals surface area contributed by atoms with Gasteiger partial charge in [-0.05, 0) is 0 Å². The Kier molecular flexibility index (Phi) is 3.18. The maximum Gasteiger partial charge on any atom is 0.246 e. The van der Waals surface area contributed by atoms with Gasteiger partial charge in [-0.1, -0.05) is 0 Å². The molecule has 16 heavy (non-hydrogen) atoms. The highest BCUT2D eigenvalue weighted by molar-refractivity contribution is 7.99. The minimum Gasteiger partial charge on any atom is -0.331 e. The van der Waals surface area contributed by atoms with E-state index in [-0.39, 0.29) is 30.6 Å². The Balaban J connectivity index is 2.09. The number of nitrogens with zero attached hydrogens (tertiary/aromatic N) is 2. The molecule has 2 saturated heterocycles. The van der Waals surface area contributed by atoms with Gasteiger partial charge in [0.2, 0.25) is 11.8 Å². The van der Waals surface area contributed by atoms with Gasteiger partial charge < -0.3 is 9.80 Å². The molecule has 2 heterocycles. The minimum atomic E-state index is -0.552. The molecule has 1 unspecified atom stereocenters. The van der Waals surface area contributed by atoms with Crippen LogP contribution in [-0.2, 0) is 14.4 Å². The molecule has 0 aromatic carbocycles. The van der Waals surface area contributed by atoms with Gasteiger partial charge in [0.05, 0.1) is 12.4 Å². The first-order chi connectivity index (χ1) is 7.59. The number of rotatable bonds is 1. The van der Waals surface area contributed by atoms with E-state index in [1.54, 1.807) is 16.7 Å². The Hall–Kier alpha value is -1.04. The van der Waals surface area contributed by atoms with Crippen LogP contribution in [0.3, 0.4) is 0 Å². The molecule has 0 aromatic heterocycles. The largest absolute Gasteiger partial charge is 0.331 e.